The van der Waals surface area contributed by atoms with Crippen LogP contribution in [0.1, 0.15) is 19.3 Å². The van der Waals surface area contributed by atoms with Crippen molar-refractivity contribution in [3.63, 3.8) is 0 Å². The third kappa shape index (κ3) is 1.91. The number of carbonyl (C=O) groups excluding carboxylic acids is 1. The van der Waals surface area contributed by atoms with Crippen molar-refractivity contribution in [2.75, 3.05) is 26.2 Å². The van der Waals surface area contributed by atoms with Gasteiger partial charge in [0.25, 0.3) is 5.91 Å². The minimum atomic E-state index is -0.164. The molecule has 1 atom stereocenters. The van der Waals surface area contributed by atoms with Crippen LogP contribution in [-0.2, 0) is 9.53 Å². The Hall–Kier alpha value is -0.610. The van der Waals surface area contributed by atoms with Gasteiger partial charge in [0.2, 0.25) is 0 Å². The summed E-state index contributed by atoms with van der Waals surface area (Å²) >= 11 is 0. The molecule has 0 aromatic heterocycles. The summed E-state index contributed by atoms with van der Waals surface area (Å²) in [5.74, 6) is 0.692. The molecule has 4 heteroatoms. The first-order valence-corrected chi connectivity index (χ1v) is 5.41. The summed E-state index contributed by atoms with van der Waals surface area (Å²) in [6.07, 6.45) is 2.94. The van der Waals surface area contributed by atoms with Gasteiger partial charge in [-0.05, 0) is 25.8 Å². The number of carbonyl (C=O) groups is 1. The lowest BCUT2D eigenvalue weighted by atomic mass is 9.98. The molecule has 4 nitrogen and oxygen atoms in total. The van der Waals surface area contributed by atoms with E-state index in [1.165, 1.54) is 0 Å². The van der Waals surface area contributed by atoms with E-state index < -0.39 is 0 Å². The van der Waals surface area contributed by atoms with E-state index in [1.807, 2.05) is 4.90 Å². The van der Waals surface area contributed by atoms with Crippen molar-refractivity contribution < 1.29 is 9.53 Å². The molecule has 14 heavy (non-hydrogen) atoms. The molecular weight excluding hydrogens is 180 g/mol. The van der Waals surface area contributed by atoms with Gasteiger partial charge in [-0.3, -0.25) is 4.79 Å². The molecule has 2 fully saturated rings. The zero-order valence-electron chi connectivity index (χ0n) is 8.45. The summed E-state index contributed by atoms with van der Waals surface area (Å²) in [4.78, 5) is 13.7. The van der Waals surface area contributed by atoms with Gasteiger partial charge in [-0.1, -0.05) is 0 Å². The molecule has 0 spiro atoms. The predicted molar refractivity (Wildman–Crippen MR) is 52.7 cm³/mol. The maximum absolute atomic E-state index is 11.8. The summed E-state index contributed by atoms with van der Waals surface area (Å²) in [6, 6.07) is 0. The van der Waals surface area contributed by atoms with Crippen molar-refractivity contribution in [3.05, 3.63) is 0 Å². The number of likely N-dealkylation sites (tertiary alicyclic amines) is 1. The Bertz CT molecular complexity index is 208. The maximum atomic E-state index is 11.8. The van der Waals surface area contributed by atoms with Crippen LogP contribution in [0.15, 0.2) is 0 Å². The van der Waals surface area contributed by atoms with Crippen LogP contribution in [-0.4, -0.2) is 43.2 Å². The molecule has 1 amide bonds. The lowest BCUT2D eigenvalue weighted by molar-refractivity contribution is -0.152. The van der Waals surface area contributed by atoms with Gasteiger partial charge < -0.3 is 15.4 Å². The number of rotatable bonds is 2. The lowest BCUT2D eigenvalue weighted by Crippen LogP contribution is -2.56. The third-order valence-corrected chi connectivity index (χ3v) is 3.06. The van der Waals surface area contributed by atoms with Crippen LogP contribution >= 0.6 is 0 Å². The summed E-state index contributed by atoms with van der Waals surface area (Å²) in [6.45, 7) is 3.09. The Morgan fingerprint density at radius 1 is 1.43 bits per heavy atom. The molecule has 2 saturated heterocycles. The zero-order valence-corrected chi connectivity index (χ0v) is 8.45. The summed E-state index contributed by atoms with van der Waals surface area (Å²) < 4.78 is 5.44. The van der Waals surface area contributed by atoms with E-state index >= 15 is 0 Å². The second-order valence-electron chi connectivity index (χ2n) is 4.20. The van der Waals surface area contributed by atoms with Crippen LogP contribution in [0.2, 0.25) is 0 Å². The number of ether oxygens (including phenoxy) is 1. The number of nitrogens with two attached hydrogens (primary N) is 1. The Morgan fingerprint density at radius 3 is 2.79 bits per heavy atom. The fraction of sp³-hybridized carbons (Fsp3) is 0.900. The van der Waals surface area contributed by atoms with Gasteiger partial charge in [0.05, 0.1) is 0 Å². The Labute approximate surface area is 84.4 Å². The molecule has 2 aliphatic heterocycles. The average molecular weight is 198 g/mol. The number of hydrogen-bond donors (Lipinski definition) is 1. The normalized spacial score (nSPS) is 28.6. The molecule has 2 aliphatic rings. The highest BCUT2D eigenvalue weighted by molar-refractivity contribution is 5.81. The molecule has 0 aliphatic carbocycles. The molecular formula is C10H18N2O2. The Morgan fingerprint density at radius 2 is 2.21 bits per heavy atom. The highest BCUT2D eigenvalue weighted by Crippen LogP contribution is 2.20. The van der Waals surface area contributed by atoms with Gasteiger partial charge >= 0.3 is 0 Å². The Balaban J connectivity index is 1.78. The van der Waals surface area contributed by atoms with Crippen LogP contribution < -0.4 is 5.73 Å². The highest BCUT2D eigenvalue weighted by atomic mass is 16.5. The summed E-state index contributed by atoms with van der Waals surface area (Å²) in [5, 5.41) is 0. The van der Waals surface area contributed by atoms with Crippen LogP contribution in [0.4, 0.5) is 0 Å². The molecule has 0 aromatic carbocycles. The monoisotopic (exact) mass is 198 g/mol. The van der Waals surface area contributed by atoms with Crippen molar-refractivity contribution in [3.8, 4) is 0 Å². The summed E-state index contributed by atoms with van der Waals surface area (Å²) in [5.41, 5.74) is 5.51. The SMILES string of the molecule is NCC1CN(C(=O)C2CCCCO2)C1. The summed E-state index contributed by atoms with van der Waals surface area (Å²) in [7, 11) is 0. The van der Waals surface area contributed by atoms with E-state index in [1.54, 1.807) is 0 Å². The maximum Gasteiger partial charge on any atom is 0.251 e. The van der Waals surface area contributed by atoms with Crippen LogP contribution in [0.3, 0.4) is 0 Å². The van der Waals surface area contributed by atoms with E-state index in [-0.39, 0.29) is 12.0 Å². The fourth-order valence-electron chi connectivity index (χ4n) is 2.04. The minimum absolute atomic E-state index is 0.164. The molecule has 2 heterocycles. The number of amides is 1. The van der Waals surface area contributed by atoms with Crippen molar-refractivity contribution in [2.24, 2.45) is 11.7 Å². The van der Waals surface area contributed by atoms with Crippen LogP contribution in [0.25, 0.3) is 0 Å². The third-order valence-electron chi connectivity index (χ3n) is 3.06. The molecule has 1 unspecified atom stereocenters. The molecule has 0 radical (unpaired) electrons. The van der Waals surface area contributed by atoms with Crippen molar-refractivity contribution in [1.82, 2.24) is 4.90 Å². The van der Waals surface area contributed by atoms with E-state index in [0.29, 0.717) is 12.5 Å². The first-order chi connectivity index (χ1) is 6.81. The standard InChI is InChI=1S/C10H18N2O2/c11-5-8-6-12(7-8)10(13)9-3-1-2-4-14-9/h8-9H,1-7,11H2. The minimum Gasteiger partial charge on any atom is -0.368 e. The largest absolute Gasteiger partial charge is 0.368 e. The van der Waals surface area contributed by atoms with E-state index in [0.717, 1.165) is 39.0 Å². The number of hydrogen-bond acceptors (Lipinski definition) is 3. The van der Waals surface area contributed by atoms with Crippen LogP contribution in [0, 0.1) is 5.92 Å². The van der Waals surface area contributed by atoms with Crippen molar-refractivity contribution in [1.29, 1.82) is 0 Å². The van der Waals surface area contributed by atoms with Gasteiger partial charge in [-0.15, -0.1) is 0 Å². The fourth-order valence-corrected chi connectivity index (χ4v) is 2.04. The topological polar surface area (TPSA) is 55.6 Å². The van der Waals surface area contributed by atoms with Gasteiger partial charge in [0.1, 0.15) is 6.10 Å². The van der Waals surface area contributed by atoms with Gasteiger partial charge in [0, 0.05) is 25.6 Å². The molecule has 2 N–H and O–H groups in total. The smallest absolute Gasteiger partial charge is 0.251 e. The number of nitrogens with zero attached hydrogens (tertiary/aromatic N) is 1. The molecule has 80 valence electrons. The molecule has 0 bridgehead atoms. The van der Waals surface area contributed by atoms with Gasteiger partial charge in [0.15, 0.2) is 0 Å². The molecule has 2 rings (SSSR count). The van der Waals surface area contributed by atoms with Crippen molar-refractivity contribution >= 4 is 5.91 Å². The second-order valence-corrected chi connectivity index (χ2v) is 4.20. The zero-order chi connectivity index (χ0) is 9.97. The highest BCUT2D eigenvalue weighted by Gasteiger charge is 2.34. The Kier molecular flexibility index (Phi) is 3.03. The second kappa shape index (κ2) is 4.28. The van der Waals surface area contributed by atoms with Gasteiger partial charge in [-0.25, -0.2) is 0 Å². The first-order valence-electron chi connectivity index (χ1n) is 5.41. The quantitative estimate of drug-likeness (QED) is 0.678. The van der Waals surface area contributed by atoms with E-state index in [4.69, 9.17) is 10.5 Å². The lowest BCUT2D eigenvalue weighted by Gasteiger charge is -2.41. The van der Waals surface area contributed by atoms with Gasteiger partial charge in [-0.2, -0.15) is 0 Å². The van der Waals surface area contributed by atoms with Crippen LogP contribution in [0.5, 0.6) is 0 Å². The van der Waals surface area contributed by atoms with Crippen molar-refractivity contribution in [2.45, 2.75) is 25.4 Å². The van der Waals surface area contributed by atoms with E-state index in [9.17, 15) is 4.79 Å². The average Bonchev–Trinajstić information content (AvgIpc) is 2.17. The van der Waals surface area contributed by atoms with E-state index in [2.05, 4.69) is 0 Å². The predicted octanol–water partition coefficient (Wildman–Crippen LogP) is -0.0274. The molecule has 0 saturated carbocycles. The molecule has 0 aromatic rings. The first kappa shape index (κ1) is 9.93.